The van der Waals surface area contributed by atoms with Crippen LogP contribution in [0.1, 0.15) is 30.4 Å². The molecule has 118 valence electrons. The first-order chi connectivity index (χ1) is 9.98. The molecule has 0 radical (unpaired) electrons. The van der Waals surface area contributed by atoms with Gasteiger partial charge in [-0.05, 0) is 49.3 Å². The number of nitrogens with zero attached hydrogens (tertiary/aromatic N) is 1. The topological polar surface area (TPSA) is 83.6 Å². The zero-order valence-electron chi connectivity index (χ0n) is 12.5. The van der Waals surface area contributed by atoms with E-state index in [4.69, 9.17) is 10.8 Å². The van der Waals surface area contributed by atoms with Gasteiger partial charge >= 0.3 is 0 Å². The molecule has 1 aliphatic rings. The summed E-state index contributed by atoms with van der Waals surface area (Å²) in [7, 11) is -3.46. The van der Waals surface area contributed by atoms with Gasteiger partial charge in [-0.25, -0.2) is 8.42 Å². The second-order valence-electron chi connectivity index (χ2n) is 5.69. The molecule has 0 spiro atoms. The van der Waals surface area contributed by atoms with E-state index in [9.17, 15) is 8.42 Å². The van der Waals surface area contributed by atoms with Crippen LogP contribution in [-0.4, -0.2) is 37.5 Å². The minimum absolute atomic E-state index is 0.114. The van der Waals surface area contributed by atoms with Gasteiger partial charge in [0.05, 0.1) is 4.90 Å². The van der Waals surface area contributed by atoms with Gasteiger partial charge in [0.15, 0.2) is 0 Å². The van der Waals surface area contributed by atoms with E-state index in [0.717, 1.165) is 24.0 Å². The van der Waals surface area contributed by atoms with Gasteiger partial charge in [0, 0.05) is 26.2 Å². The number of aliphatic hydroxyl groups excluding tert-OH is 1. The molecule has 0 amide bonds. The summed E-state index contributed by atoms with van der Waals surface area (Å²) in [5.41, 5.74) is 7.26. The highest BCUT2D eigenvalue weighted by molar-refractivity contribution is 7.89. The lowest BCUT2D eigenvalue weighted by Crippen LogP contribution is -2.40. The van der Waals surface area contributed by atoms with Gasteiger partial charge < -0.3 is 10.8 Å². The Labute approximate surface area is 126 Å². The summed E-state index contributed by atoms with van der Waals surface area (Å²) in [5.74, 6) is 0.252. The summed E-state index contributed by atoms with van der Waals surface area (Å²) in [6.07, 6.45) is 2.50. The van der Waals surface area contributed by atoms with Crippen LogP contribution in [0.3, 0.4) is 0 Å². The number of piperidine rings is 1. The molecular weight excluding hydrogens is 288 g/mol. The average molecular weight is 312 g/mol. The fourth-order valence-corrected chi connectivity index (χ4v) is 4.69. The lowest BCUT2D eigenvalue weighted by atomic mass is 9.97. The minimum Gasteiger partial charge on any atom is -0.396 e. The zero-order chi connectivity index (χ0) is 15.5. The zero-order valence-corrected chi connectivity index (χ0v) is 13.3. The predicted octanol–water partition coefficient (Wildman–Crippen LogP) is 1.24. The highest BCUT2D eigenvalue weighted by Gasteiger charge is 2.30. The third-order valence-electron chi connectivity index (χ3n) is 4.11. The van der Waals surface area contributed by atoms with Crippen molar-refractivity contribution in [3.63, 3.8) is 0 Å². The van der Waals surface area contributed by atoms with Crippen molar-refractivity contribution in [2.45, 2.75) is 37.6 Å². The maximum Gasteiger partial charge on any atom is 0.243 e. The summed E-state index contributed by atoms with van der Waals surface area (Å²) in [6, 6.07) is 5.26. The van der Waals surface area contributed by atoms with Crippen molar-refractivity contribution >= 4 is 10.0 Å². The smallest absolute Gasteiger partial charge is 0.243 e. The lowest BCUT2D eigenvalue weighted by molar-refractivity contribution is 0.203. The summed E-state index contributed by atoms with van der Waals surface area (Å²) in [6.45, 7) is 3.39. The van der Waals surface area contributed by atoms with Gasteiger partial charge in [-0.2, -0.15) is 4.31 Å². The van der Waals surface area contributed by atoms with E-state index in [0.29, 0.717) is 31.0 Å². The molecule has 1 aromatic rings. The Balaban J connectivity index is 2.25. The summed E-state index contributed by atoms with van der Waals surface area (Å²) in [5, 5.41) is 9.05. The molecule has 1 atom stereocenters. The Morgan fingerprint density at radius 2 is 2.19 bits per heavy atom. The molecule has 5 nitrogen and oxygen atoms in total. The first kappa shape index (κ1) is 16.4. The molecule has 1 saturated heterocycles. The van der Waals surface area contributed by atoms with Crippen molar-refractivity contribution in [3.8, 4) is 0 Å². The van der Waals surface area contributed by atoms with Crippen LogP contribution in [0.15, 0.2) is 23.1 Å². The SMILES string of the molecule is Cc1cc(CN)ccc1S(=O)(=O)N1CCCC(CCO)C1. The quantitative estimate of drug-likeness (QED) is 0.857. The molecule has 1 aromatic carbocycles. The summed E-state index contributed by atoms with van der Waals surface area (Å²) >= 11 is 0. The number of rotatable bonds is 5. The van der Waals surface area contributed by atoms with Crippen molar-refractivity contribution < 1.29 is 13.5 Å². The average Bonchev–Trinajstić information content (AvgIpc) is 2.47. The normalized spacial score (nSPS) is 20.6. The number of benzene rings is 1. The molecule has 1 heterocycles. The van der Waals surface area contributed by atoms with E-state index in [1.54, 1.807) is 23.4 Å². The summed E-state index contributed by atoms with van der Waals surface area (Å²) < 4.78 is 27.1. The number of hydrogen-bond acceptors (Lipinski definition) is 4. The standard InChI is InChI=1S/C15H24N2O3S/c1-12-9-14(10-16)4-5-15(12)21(19,20)17-7-2-3-13(11-17)6-8-18/h4-5,9,13,18H,2-3,6-8,10-11,16H2,1H3. The van der Waals surface area contributed by atoms with Gasteiger partial charge in [-0.15, -0.1) is 0 Å². The molecule has 1 aliphatic heterocycles. The lowest BCUT2D eigenvalue weighted by Gasteiger charge is -2.32. The van der Waals surface area contributed by atoms with Crippen LogP contribution in [0.25, 0.3) is 0 Å². The fraction of sp³-hybridized carbons (Fsp3) is 0.600. The highest BCUT2D eigenvalue weighted by atomic mass is 32.2. The van der Waals surface area contributed by atoms with Crippen molar-refractivity contribution in [1.82, 2.24) is 4.31 Å². The van der Waals surface area contributed by atoms with E-state index in [-0.39, 0.29) is 12.5 Å². The third-order valence-corrected chi connectivity index (χ3v) is 6.14. The van der Waals surface area contributed by atoms with Crippen molar-refractivity contribution in [2.24, 2.45) is 11.7 Å². The van der Waals surface area contributed by atoms with Crippen LogP contribution in [-0.2, 0) is 16.6 Å². The molecular formula is C15H24N2O3S. The third kappa shape index (κ3) is 3.63. The van der Waals surface area contributed by atoms with Crippen LogP contribution >= 0.6 is 0 Å². The molecule has 2 rings (SSSR count). The number of hydrogen-bond donors (Lipinski definition) is 2. The Kier molecular flexibility index (Phi) is 5.37. The van der Waals surface area contributed by atoms with Gasteiger partial charge in [-0.1, -0.05) is 12.1 Å². The highest BCUT2D eigenvalue weighted by Crippen LogP contribution is 2.27. The van der Waals surface area contributed by atoms with Crippen molar-refractivity contribution in [3.05, 3.63) is 29.3 Å². The molecule has 1 unspecified atom stereocenters. The number of nitrogens with two attached hydrogens (primary N) is 1. The van der Waals surface area contributed by atoms with E-state index >= 15 is 0 Å². The summed E-state index contributed by atoms with van der Waals surface area (Å²) in [4.78, 5) is 0.365. The second kappa shape index (κ2) is 6.87. The Hall–Kier alpha value is -0.950. The molecule has 21 heavy (non-hydrogen) atoms. The van der Waals surface area contributed by atoms with Crippen LogP contribution in [0.2, 0.25) is 0 Å². The van der Waals surface area contributed by atoms with E-state index in [2.05, 4.69) is 0 Å². The molecule has 1 fully saturated rings. The Morgan fingerprint density at radius 3 is 2.81 bits per heavy atom. The van der Waals surface area contributed by atoms with Gasteiger partial charge in [0.2, 0.25) is 10.0 Å². The monoisotopic (exact) mass is 312 g/mol. The Morgan fingerprint density at radius 1 is 1.43 bits per heavy atom. The van der Waals surface area contributed by atoms with Gasteiger partial charge in [0.1, 0.15) is 0 Å². The maximum absolute atomic E-state index is 12.8. The number of aliphatic hydroxyl groups is 1. The molecule has 0 bridgehead atoms. The van der Waals surface area contributed by atoms with E-state index in [1.165, 1.54) is 0 Å². The van der Waals surface area contributed by atoms with Crippen LogP contribution in [0.4, 0.5) is 0 Å². The van der Waals surface area contributed by atoms with Crippen LogP contribution in [0, 0.1) is 12.8 Å². The number of sulfonamides is 1. The van der Waals surface area contributed by atoms with Gasteiger partial charge in [-0.3, -0.25) is 0 Å². The molecule has 0 aliphatic carbocycles. The largest absolute Gasteiger partial charge is 0.396 e. The van der Waals surface area contributed by atoms with E-state index in [1.807, 2.05) is 6.07 Å². The number of aryl methyl sites for hydroxylation is 1. The molecule has 0 aromatic heterocycles. The first-order valence-electron chi connectivity index (χ1n) is 7.39. The van der Waals surface area contributed by atoms with Gasteiger partial charge in [0.25, 0.3) is 0 Å². The first-order valence-corrected chi connectivity index (χ1v) is 8.83. The molecule has 6 heteroatoms. The molecule has 0 saturated carbocycles. The minimum atomic E-state index is -3.46. The molecule has 3 N–H and O–H groups in total. The van der Waals surface area contributed by atoms with Crippen molar-refractivity contribution in [1.29, 1.82) is 0 Å². The maximum atomic E-state index is 12.8. The van der Waals surface area contributed by atoms with E-state index < -0.39 is 10.0 Å². The Bertz CT molecular complexity index is 585. The second-order valence-corrected chi connectivity index (χ2v) is 7.59. The fourth-order valence-electron chi connectivity index (χ4n) is 2.93. The predicted molar refractivity (Wildman–Crippen MR) is 82.3 cm³/mol. The van der Waals surface area contributed by atoms with Crippen LogP contribution in [0.5, 0.6) is 0 Å². The van der Waals surface area contributed by atoms with Crippen LogP contribution < -0.4 is 5.73 Å². The van der Waals surface area contributed by atoms with Crippen molar-refractivity contribution in [2.75, 3.05) is 19.7 Å².